The highest BCUT2D eigenvalue weighted by Gasteiger charge is 2.30. The number of anilines is 1. The normalized spacial score (nSPS) is 17.2. The van der Waals surface area contributed by atoms with Gasteiger partial charge in [0, 0.05) is 41.2 Å². The van der Waals surface area contributed by atoms with Crippen molar-refractivity contribution in [2.24, 2.45) is 5.92 Å². The average Bonchev–Trinajstić information content (AvgIpc) is 2.95. The van der Waals surface area contributed by atoms with Gasteiger partial charge < -0.3 is 10.2 Å². The van der Waals surface area contributed by atoms with Crippen LogP contribution < -0.4 is 10.2 Å². The first kappa shape index (κ1) is 16.7. The smallest absolute Gasteiger partial charge is 0.251 e. The van der Waals surface area contributed by atoms with E-state index in [0.717, 1.165) is 10.2 Å². The summed E-state index contributed by atoms with van der Waals surface area (Å²) < 4.78 is 0.939. The maximum Gasteiger partial charge on any atom is 0.251 e. The number of nitrogens with zero attached hydrogens (tertiary/aromatic N) is 1. The molecule has 2 aromatic carbocycles. The molecule has 0 radical (unpaired) electrons. The zero-order chi connectivity index (χ0) is 17.1. The Hall–Kier alpha value is -2.14. The molecule has 1 atom stereocenters. The van der Waals surface area contributed by atoms with Gasteiger partial charge in [0.25, 0.3) is 5.91 Å². The quantitative estimate of drug-likeness (QED) is 0.873. The summed E-state index contributed by atoms with van der Waals surface area (Å²) in [6, 6.07) is 15.2. The van der Waals surface area contributed by atoms with Gasteiger partial charge >= 0.3 is 0 Å². The summed E-state index contributed by atoms with van der Waals surface area (Å²) in [7, 11) is 0. The van der Waals surface area contributed by atoms with Gasteiger partial charge in [-0.1, -0.05) is 33.6 Å². The van der Waals surface area contributed by atoms with E-state index in [9.17, 15) is 9.59 Å². The Morgan fingerprint density at radius 1 is 1.17 bits per heavy atom. The Bertz CT molecular complexity index is 741. The molecule has 0 aromatic heterocycles. The summed E-state index contributed by atoms with van der Waals surface area (Å²) >= 11 is 3.35. The third-order valence-electron chi connectivity index (χ3n) is 4.21. The lowest BCUT2D eigenvalue weighted by Crippen LogP contribution is -2.31. The lowest BCUT2D eigenvalue weighted by molar-refractivity contribution is -0.117. The second-order valence-electron chi connectivity index (χ2n) is 6.13. The van der Waals surface area contributed by atoms with Crippen molar-refractivity contribution in [1.29, 1.82) is 0 Å². The van der Waals surface area contributed by atoms with Gasteiger partial charge in [0.1, 0.15) is 0 Å². The van der Waals surface area contributed by atoms with Crippen LogP contribution >= 0.6 is 15.9 Å². The highest BCUT2D eigenvalue weighted by atomic mass is 79.9. The Labute approximate surface area is 150 Å². The van der Waals surface area contributed by atoms with Crippen molar-refractivity contribution in [1.82, 2.24) is 5.32 Å². The lowest BCUT2D eigenvalue weighted by atomic mass is 10.1. The molecule has 1 heterocycles. The molecule has 0 spiro atoms. The number of halogens is 1. The number of carbonyl (C=O) groups is 2. The molecule has 1 fully saturated rings. The monoisotopic (exact) mass is 386 g/mol. The number of nitrogens with one attached hydrogen (secondary N) is 1. The number of rotatable bonds is 4. The predicted octanol–water partition coefficient (Wildman–Crippen LogP) is 3.54. The van der Waals surface area contributed by atoms with E-state index in [1.54, 1.807) is 17.0 Å². The summed E-state index contributed by atoms with van der Waals surface area (Å²) in [6.07, 6.45) is 0.467. The van der Waals surface area contributed by atoms with Crippen LogP contribution in [0.4, 0.5) is 5.69 Å². The third kappa shape index (κ3) is 3.85. The van der Waals surface area contributed by atoms with Crippen LogP contribution in [0.5, 0.6) is 0 Å². The van der Waals surface area contributed by atoms with Crippen molar-refractivity contribution in [2.75, 3.05) is 18.0 Å². The van der Waals surface area contributed by atoms with Crippen LogP contribution in [0, 0.1) is 12.8 Å². The van der Waals surface area contributed by atoms with Crippen molar-refractivity contribution in [2.45, 2.75) is 13.3 Å². The molecule has 24 heavy (non-hydrogen) atoms. The fourth-order valence-electron chi connectivity index (χ4n) is 2.83. The molecule has 1 saturated heterocycles. The molecule has 2 amide bonds. The fourth-order valence-corrected chi connectivity index (χ4v) is 3.10. The molecule has 124 valence electrons. The minimum atomic E-state index is -0.108. The SMILES string of the molecule is Cc1ccc(N2CC(CNC(=O)c3ccc(Br)cc3)CC2=O)cc1. The second-order valence-corrected chi connectivity index (χ2v) is 7.04. The fraction of sp³-hybridized carbons (Fsp3) is 0.263. The van der Waals surface area contributed by atoms with Crippen molar-refractivity contribution < 1.29 is 9.59 Å². The summed E-state index contributed by atoms with van der Waals surface area (Å²) in [5.74, 6) is 0.142. The molecule has 5 heteroatoms. The molecule has 0 saturated carbocycles. The summed E-state index contributed by atoms with van der Waals surface area (Å²) in [5.41, 5.74) is 2.72. The van der Waals surface area contributed by atoms with Crippen LogP contribution in [0.3, 0.4) is 0 Å². The highest BCUT2D eigenvalue weighted by molar-refractivity contribution is 9.10. The zero-order valence-electron chi connectivity index (χ0n) is 13.5. The molecule has 3 rings (SSSR count). The van der Waals surface area contributed by atoms with E-state index in [1.165, 1.54) is 5.56 Å². The first-order chi connectivity index (χ1) is 11.5. The van der Waals surface area contributed by atoms with Gasteiger partial charge in [-0.2, -0.15) is 0 Å². The van der Waals surface area contributed by atoms with E-state index in [0.29, 0.717) is 25.1 Å². The van der Waals surface area contributed by atoms with Crippen molar-refractivity contribution >= 4 is 33.4 Å². The maximum atomic E-state index is 12.2. The summed E-state index contributed by atoms with van der Waals surface area (Å²) in [6.45, 7) is 3.17. The molecular weight excluding hydrogens is 368 g/mol. The Morgan fingerprint density at radius 2 is 1.83 bits per heavy atom. The Morgan fingerprint density at radius 3 is 2.50 bits per heavy atom. The van der Waals surface area contributed by atoms with Crippen LogP contribution in [0.15, 0.2) is 53.0 Å². The van der Waals surface area contributed by atoms with Crippen molar-refractivity contribution in [3.8, 4) is 0 Å². The molecular formula is C19H19BrN2O2. The van der Waals surface area contributed by atoms with Gasteiger partial charge in [0.15, 0.2) is 0 Å². The molecule has 1 unspecified atom stereocenters. The maximum absolute atomic E-state index is 12.2. The first-order valence-corrected chi connectivity index (χ1v) is 8.73. The third-order valence-corrected chi connectivity index (χ3v) is 4.74. The van der Waals surface area contributed by atoms with Gasteiger partial charge in [0.05, 0.1) is 0 Å². The van der Waals surface area contributed by atoms with Crippen LogP contribution in [0.25, 0.3) is 0 Å². The van der Waals surface area contributed by atoms with Crippen molar-refractivity contribution in [3.05, 3.63) is 64.1 Å². The first-order valence-electron chi connectivity index (χ1n) is 7.94. The van der Waals surface area contributed by atoms with E-state index in [2.05, 4.69) is 21.2 Å². The topological polar surface area (TPSA) is 49.4 Å². The molecule has 0 bridgehead atoms. The van der Waals surface area contributed by atoms with Crippen LogP contribution in [0.1, 0.15) is 22.3 Å². The number of amides is 2. The Kier molecular flexibility index (Phi) is 5.00. The predicted molar refractivity (Wildman–Crippen MR) is 98.1 cm³/mol. The molecule has 0 aliphatic carbocycles. The molecule has 4 nitrogen and oxygen atoms in total. The standard InChI is InChI=1S/C19H19BrN2O2/c1-13-2-8-17(9-3-13)22-12-14(10-18(22)23)11-21-19(24)15-4-6-16(20)7-5-15/h2-9,14H,10-12H2,1H3,(H,21,24). The number of carbonyl (C=O) groups excluding carboxylic acids is 2. The number of aryl methyl sites for hydroxylation is 1. The number of hydrogen-bond donors (Lipinski definition) is 1. The summed E-state index contributed by atoms with van der Waals surface area (Å²) in [4.78, 5) is 26.2. The minimum absolute atomic E-state index is 0.108. The molecule has 1 N–H and O–H groups in total. The highest BCUT2D eigenvalue weighted by Crippen LogP contribution is 2.25. The van der Waals surface area contributed by atoms with Gasteiger partial charge in [-0.15, -0.1) is 0 Å². The second kappa shape index (κ2) is 7.18. The number of benzene rings is 2. The van der Waals surface area contributed by atoms with E-state index in [1.807, 2.05) is 43.3 Å². The van der Waals surface area contributed by atoms with Crippen molar-refractivity contribution in [3.63, 3.8) is 0 Å². The average molecular weight is 387 g/mol. The van der Waals surface area contributed by atoms with E-state index in [4.69, 9.17) is 0 Å². The van der Waals surface area contributed by atoms with Crippen LogP contribution in [-0.4, -0.2) is 24.9 Å². The molecule has 1 aliphatic heterocycles. The van der Waals surface area contributed by atoms with Crippen LogP contribution in [-0.2, 0) is 4.79 Å². The van der Waals surface area contributed by atoms with Gasteiger partial charge in [-0.25, -0.2) is 0 Å². The van der Waals surface area contributed by atoms with E-state index < -0.39 is 0 Å². The largest absolute Gasteiger partial charge is 0.352 e. The van der Waals surface area contributed by atoms with Crippen LogP contribution in [0.2, 0.25) is 0 Å². The molecule has 1 aliphatic rings. The summed E-state index contributed by atoms with van der Waals surface area (Å²) in [5, 5.41) is 2.93. The molecule has 2 aromatic rings. The van der Waals surface area contributed by atoms with Gasteiger partial charge in [-0.3, -0.25) is 9.59 Å². The lowest BCUT2D eigenvalue weighted by Gasteiger charge is -2.17. The minimum Gasteiger partial charge on any atom is -0.352 e. The van der Waals surface area contributed by atoms with Gasteiger partial charge in [-0.05, 0) is 43.3 Å². The Balaban J connectivity index is 1.57. The number of hydrogen-bond acceptors (Lipinski definition) is 2. The van der Waals surface area contributed by atoms with E-state index >= 15 is 0 Å². The zero-order valence-corrected chi connectivity index (χ0v) is 15.0. The van der Waals surface area contributed by atoms with E-state index in [-0.39, 0.29) is 17.7 Å². The van der Waals surface area contributed by atoms with Gasteiger partial charge in [0.2, 0.25) is 5.91 Å².